The molecule has 0 saturated carbocycles. The van der Waals surface area contributed by atoms with Crippen LogP contribution in [0.25, 0.3) is 10.9 Å². The van der Waals surface area contributed by atoms with Crippen molar-refractivity contribution in [3.05, 3.63) is 106 Å². The van der Waals surface area contributed by atoms with E-state index in [0.29, 0.717) is 55.5 Å². The number of aliphatic hydroxyl groups is 1. The molecular weight excluding hydrogens is 586 g/mol. The Kier molecular flexibility index (Phi) is 10.7. The fourth-order valence-electron chi connectivity index (χ4n) is 6.13. The van der Waals surface area contributed by atoms with Crippen LogP contribution >= 0.6 is 0 Å². The number of nitrogens with zero attached hydrogens (tertiary/aromatic N) is 1. The fraction of sp³-hybridized carbons (Fsp3) is 0.361. The maximum absolute atomic E-state index is 13.0. The number of H-pyrrole nitrogens is 1. The molecule has 2 heterocycles. The first-order valence-electron chi connectivity index (χ1n) is 15.8. The highest BCUT2D eigenvalue weighted by Gasteiger charge is 2.43. The Morgan fingerprint density at radius 2 is 1.67 bits per heavy atom. The average Bonchev–Trinajstić information content (AvgIpc) is 3.07. The number of carbonyl (C=O) groups excluding carboxylic acids is 1. The lowest BCUT2D eigenvalue weighted by Crippen LogP contribution is -2.49. The Labute approximate surface area is 267 Å². The number of unbranched alkanes of at least 4 members (excludes halogenated alkanes) is 2. The summed E-state index contributed by atoms with van der Waals surface area (Å²) in [6.07, 6.45) is 2.99. The Morgan fingerprint density at radius 1 is 0.935 bits per heavy atom. The Balaban J connectivity index is 0.974. The first-order valence-corrected chi connectivity index (χ1v) is 15.8. The van der Waals surface area contributed by atoms with E-state index < -0.39 is 17.5 Å². The van der Waals surface area contributed by atoms with Crippen molar-refractivity contribution in [2.45, 2.75) is 50.0 Å². The molecule has 1 atom stereocenters. The molecule has 1 aromatic heterocycles. The van der Waals surface area contributed by atoms with E-state index in [1.165, 1.54) is 12.1 Å². The number of nitrogens with one attached hydrogen (secondary N) is 2. The average molecular weight is 628 g/mol. The zero-order chi connectivity index (χ0) is 32.5. The largest absolute Gasteiger partial charge is 0.506 e. The number of aliphatic carboxylic acids is 1. The monoisotopic (exact) mass is 627 g/mol. The highest BCUT2D eigenvalue weighted by atomic mass is 16.5. The summed E-state index contributed by atoms with van der Waals surface area (Å²) in [7, 11) is 0. The number of aromatic amines is 1. The van der Waals surface area contributed by atoms with Crippen LogP contribution in [0.1, 0.15) is 54.9 Å². The number of hydrogen-bond acceptors (Lipinski definition) is 7. The quantitative estimate of drug-likeness (QED) is 0.130. The van der Waals surface area contributed by atoms with Crippen LogP contribution in [0.3, 0.4) is 0 Å². The van der Waals surface area contributed by atoms with E-state index in [1.807, 2.05) is 54.6 Å². The summed E-state index contributed by atoms with van der Waals surface area (Å²) in [6, 6.07) is 22.9. The van der Waals surface area contributed by atoms with Crippen molar-refractivity contribution in [2.75, 3.05) is 32.8 Å². The standard InChI is InChI=1S/C36H41N3O7/c40-30-15-13-28(29-14-16-32(42)38-34(29)30)31(41)24-37-19-5-2-6-22-46-27-11-9-25(10-12-27)23-33(43)39-20-17-36(18-21-39,35(44)45)26-7-3-1-4-8-26/h1,3-4,7-16,31,37,40-41H,2,5-6,17-24H2,(H,38,42)(H,44,45)/t31-/m0/s1. The lowest BCUT2D eigenvalue weighted by atomic mass is 9.73. The van der Waals surface area contributed by atoms with Crippen molar-refractivity contribution in [3.8, 4) is 11.5 Å². The number of pyridine rings is 1. The topological polar surface area (TPSA) is 152 Å². The van der Waals surface area contributed by atoms with Crippen molar-refractivity contribution in [2.24, 2.45) is 0 Å². The minimum atomic E-state index is -0.954. The van der Waals surface area contributed by atoms with Crippen LogP contribution < -0.4 is 15.6 Å². The Morgan fingerprint density at radius 3 is 2.39 bits per heavy atom. The summed E-state index contributed by atoms with van der Waals surface area (Å²) in [4.78, 5) is 41.2. The number of piperidine rings is 1. The number of ether oxygens (including phenoxy) is 1. The second-order valence-electron chi connectivity index (χ2n) is 11.9. The lowest BCUT2D eigenvalue weighted by molar-refractivity contribution is -0.148. The minimum Gasteiger partial charge on any atom is -0.506 e. The number of hydrogen-bond donors (Lipinski definition) is 5. The summed E-state index contributed by atoms with van der Waals surface area (Å²) < 4.78 is 5.87. The van der Waals surface area contributed by atoms with Gasteiger partial charge in [-0.15, -0.1) is 0 Å². The van der Waals surface area contributed by atoms with Gasteiger partial charge in [0, 0.05) is 31.1 Å². The molecule has 0 aliphatic carbocycles. The maximum Gasteiger partial charge on any atom is 0.314 e. The van der Waals surface area contributed by atoms with Gasteiger partial charge in [0.1, 0.15) is 11.5 Å². The number of phenols is 1. The van der Waals surface area contributed by atoms with Gasteiger partial charge in [0.15, 0.2) is 0 Å². The highest BCUT2D eigenvalue weighted by molar-refractivity contribution is 5.87. The maximum atomic E-state index is 13.0. The molecule has 1 aliphatic heterocycles. The van der Waals surface area contributed by atoms with E-state index in [4.69, 9.17) is 4.74 Å². The molecule has 10 nitrogen and oxygen atoms in total. The first-order chi connectivity index (χ1) is 22.3. The smallest absolute Gasteiger partial charge is 0.314 e. The molecule has 0 spiro atoms. The minimum absolute atomic E-state index is 0.00499. The summed E-state index contributed by atoms with van der Waals surface area (Å²) in [5.41, 5.74) is 1.36. The number of aliphatic hydroxyl groups excluding tert-OH is 1. The van der Waals surface area contributed by atoms with Crippen LogP contribution in [0.5, 0.6) is 11.5 Å². The van der Waals surface area contributed by atoms with Crippen molar-refractivity contribution < 1.29 is 29.6 Å². The number of amides is 1. The molecule has 10 heteroatoms. The first kappa shape index (κ1) is 32.7. The number of fused-ring (bicyclic) bond motifs is 1. The summed E-state index contributed by atoms with van der Waals surface area (Å²) in [5.74, 6) is -0.134. The number of carboxylic acid groups (broad SMARTS) is 1. The zero-order valence-electron chi connectivity index (χ0n) is 25.8. The number of carboxylic acids is 1. The molecule has 5 rings (SSSR count). The molecule has 46 heavy (non-hydrogen) atoms. The van der Waals surface area contributed by atoms with Crippen molar-refractivity contribution in [1.82, 2.24) is 15.2 Å². The van der Waals surface area contributed by atoms with E-state index in [0.717, 1.165) is 42.7 Å². The second-order valence-corrected chi connectivity index (χ2v) is 11.9. The van der Waals surface area contributed by atoms with Gasteiger partial charge in [-0.25, -0.2) is 0 Å². The van der Waals surface area contributed by atoms with Crippen LogP contribution in [-0.2, 0) is 21.4 Å². The number of likely N-dealkylation sites (tertiary alicyclic amines) is 1. The predicted molar refractivity (Wildman–Crippen MR) is 175 cm³/mol. The van der Waals surface area contributed by atoms with Crippen molar-refractivity contribution in [1.29, 1.82) is 0 Å². The molecule has 1 amide bonds. The third-order valence-electron chi connectivity index (χ3n) is 8.85. The molecule has 4 aromatic rings. The summed E-state index contributed by atoms with van der Waals surface area (Å²) >= 11 is 0. The van der Waals surface area contributed by atoms with Gasteiger partial charge in [-0.2, -0.15) is 0 Å². The zero-order valence-corrected chi connectivity index (χ0v) is 25.8. The molecule has 0 unspecified atom stereocenters. The molecule has 5 N–H and O–H groups in total. The van der Waals surface area contributed by atoms with Crippen molar-refractivity contribution >= 4 is 22.8 Å². The summed E-state index contributed by atoms with van der Waals surface area (Å²) in [5, 5.41) is 34.6. The van der Waals surface area contributed by atoms with E-state index in [2.05, 4.69) is 10.3 Å². The van der Waals surface area contributed by atoms with Crippen LogP contribution in [-0.4, -0.2) is 69.9 Å². The van der Waals surface area contributed by atoms with Crippen LogP contribution in [0.2, 0.25) is 0 Å². The lowest BCUT2D eigenvalue weighted by Gasteiger charge is -2.39. The molecule has 0 bridgehead atoms. The number of benzene rings is 3. The number of rotatable bonds is 14. The molecular formula is C36H41N3O7. The third-order valence-corrected chi connectivity index (χ3v) is 8.85. The van der Waals surface area contributed by atoms with E-state index in [-0.39, 0.29) is 23.6 Å². The van der Waals surface area contributed by atoms with E-state index >= 15 is 0 Å². The molecule has 1 aliphatic rings. The predicted octanol–water partition coefficient (Wildman–Crippen LogP) is 4.29. The number of aromatic hydroxyl groups is 1. The van der Waals surface area contributed by atoms with Gasteiger partial charge in [-0.05, 0) is 79.6 Å². The third kappa shape index (κ3) is 7.75. The van der Waals surface area contributed by atoms with Gasteiger partial charge in [0.25, 0.3) is 0 Å². The number of aromatic nitrogens is 1. The molecule has 0 radical (unpaired) electrons. The van der Waals surface area contributed by atoms with Gasteiger partial charge in [-0.1, -0.05) is 48.5 Å². The molecule has 3 aromatic carbocycles. The van der Waals surface area contributed by atoms with Crippen LogP contribution in [0.15, 0.2) is 83.7 Å². The van der Waals surface area contributed by atoms with Gasteiger partial charge in [0.05, 0.1) is 30.1 Å². The van der Waals surface area contributed by atoms with Gasteiger partial charge < -0.3 is 35.3 Å². The molecule has 1 fully saturated rings. The SMILES string of the molecule is O=C(Cc1ccc(OCCCCCNC[C@H](O)c2ccc(O)c3[nH]c(=O)ccc23)cc1)N1CCC(C(=O)O)(c2ccccc2)CC1. The fourth-order valence-corrected chi connectivity index (χ4v) is 6.13. The van der Waals surface area contributed by atoms with E-state index in [1.54, 1.807) is 17.0 Å². The van der Waals surface area contributed by atoms with Crippen molar-refractivity contribution in [3.63, 3.8) is 0 Å². The Bertz CT molecular complexity index is 1680. The second kappa shape index (κ2) is 15.1. The van der Waals surface area contributed by atoms with Gasteiger partial charge >= 0.3 is 5.97 Å². The van der Waals surface area contributed by atoms with Gasteiger partial charge in [-0.3, -0.25) is 14.4 Å². The van der Waals surface area contributed by atoms with Gasteiger partial charge in [0.2, 0.25) is 11.5 Å². The van der Waals surface area contributed by atoms with Crippen LogP contribution in [0.4, 0.5) is 0 Å². The number of phenolic OH excluding ortho intramolecular Hbond substituents is 1. The highest BCUT2D eigenvalue weighted by Crippen LogP contribution is 2.36. The molecule has 1 saturated heterocycles. The van der Waals surface area contributed by atoms with Crippen LogP contribution in [0, 0.1) is 0 Å². The molecule has 242 valence electrons. The van der Waals surface area contributed by atoms with E-state index in [9.17, 15) is 29.7 Å². The Hall–Kier alpha value is -4.67. The summed E-state index contributed by atoms with van der Waals surface area (Å²) in [6.45, 7) is 2.47. The number of carbonyl (C=O) groups is 2. The normalized spacial score (nSPS) is 15.0.